The van der Waals surface area contributed by atoms with Crippen LogP contribution < -0.4 is 11.2 Å². The molecule has 0 bridgehead atoms. The molecule has 0 saturated carbocycles. The fourth-order valence-electron chi connectivity index (χ4n) is 2.04. The van der Waals surface area contributed by atoms with Crippen molar-refractivity contribution in [2.45, 2.75) is 24.3 Å². The molecule has 0 unspecified atom stereocenters. The summed E-state index contributed by atoms with van der Waals surface area (Å²) in [6, 6.07) is 0. The fourth-order valence-corrected chi connectivity index (χ4v) is 2.38. The van der Waals surface area contributed by atoms with Crippen LogP contribution in [0.15, 0.2) is 15.8 Å². The summed E-state index contributed by atoms with van der Waals surface area (Å²) in [6.07, 6.45) is -5.55. The first-order valence-electron chi connectivity index (χ1n) is 6.22. The number of aliphatic hydroxyl groups is 2. The molecule has 5 N–H and O–H groups in total. The number of phosphoric acid groups is 1. The molecule has 0 spiro atoms. The molecule has 1 aliphatic heterocycles. The molecule has 0 aromatic carbocycles. The van der Waals surface area contributed by atoms with Crippen molar-refractivity contribution in [3.05, 3.63) is 32.6 Å². The number of aldehydes is 1. The van der Waals surface area contributed by atoms with Gasteiger partial charge in [-0.25, -0.2) is 13.8 Å². The number of hydrogen-bond acceptors (Lipinski definition) is 8. The van der Waals surface area contributed by atoms with Crippen molar-refractivity contribution in [1.29, 1.82) is 0 Å². The topological polar surface area (TPSA) is 188 Å². The summed E-state index contributed by atoms with van der Waals surface area (Å²) in [5, 5.41) is 19.5. The zero-order valence-electron chi connectivity index (χ0n) is 11.6. The third kappa shape index (κ3) is 3.52. The highest BCUT2D eigenvalue weighted by molar-refractivity contribution is 7.46. The van der Waals surface area contributed by atoms with Gasteiger partial charge in [-0.2, -0.15) is 0 Å². The van der Waals surface area contributed by atoms with Crippen LogP contribution >= 0.6 is 7.82 Å². The standard InChI is InChI=1S/C10H12FN2O10P/c11-10(3-22-24(19,20)21)6(16)5(15)8(23-10)13-1-4(2-14)7(17)12-9(13)18/h1-2,5-6,8,15-16H,3H2,(H,12,17,18)(H2,19,20,21)/t5-,6+,8-,10-/m1/s1. The lowest BCUT2D eigenvalue weighted by molar-refractivity contribution is -0.205. The lowest BCUT2D eigenvalue weighted by Crippen LogP contribution is -2.43. The van der Waals surface area contributed by atoms with Crippen molar-refractivity contribution < 1.29 is 43.0 Å². The monoisotopic (exact) mass is 370 g/mol. The van der Waals surface area contributed by atoms with Gasteiger partial charge < -0.3 is 24.7 Å². The van der Waals surface area contributed by atoms with Gasteiger partial charge in [0.2, 0.25) is 0 Å². The second kappa shape index (κ2) is 6.29. The number of rotatable bonds is 5. The van der Waals surface area contributed by atoms with E-state index in [1.54, 1.807) is 4.98 Å². The average molecular weight is 370 g/mol. The molecule has 0 amide bonds. The van der Waals surface area contributed by atoms with Crippen LogP contribution in [0.5, 0.6) is 0 Å². The maximum Gasteiger partial charge on any atom is 0.469 e. The molecule has 2 heterocycles. The van der Waals surface area contributed by atoms with E-state index in [0.717, 1.165) is 0 Å². The summed E-state index contributed by atoms with van der Waals surface area (Å²) >= 11 is 0. The molecular weight excluding hydrogens is 358 g/mol. The first-order chi connectivity index (χ1) is 11.0. The predicted molar refractivity (Wildman–Crippen MR) is 70.7 cm³/mol. The number of nitrogens with one attached hydrogen (secondary N) is 1. The van der Waals surface area contributed by atoms with Gasteiger partial charge >= 0.3 is 13.5 Å². The number of phosphoric ester groups is 1. The van der Waals surface area contributed by atoms with Crippen molar-refractivity contribution in [2.75, 3.05) is 6.61 Å². The highest BCUT2D eigenvalue weighted by atomic mass is 31.2. The zero-order chi connectivity index (χ0) is 18.3. The quantitative estimate of drug-likeness (QED) is 0.271. The van der Waals surface area contributed by atoms with Gasteiger partial charge in [0.1, 0.15) is 18.8 Å². The third-order valence-corrected chi connectivity index (χ3v) is 3.67. The number of nitrogens with zero attached hydrogens (tertiary/aromatic N) is 1. The number of hydrogen-bond donors (Lipinski definition) is 5. The van der Waals surface area contributed by atoms with Gasteiger partial charge in [0.05, 0.1) is 5.56 Å². The SMILES string of the molecule is O=Cc1cn([C@@H]2O[C@](F)(COP(=O)(O)O)[C@@H](O)[C@H]2O)c(=O)[nH]c1=O. The molecule has 1 fully saturated rings. The summed E-state index contributed by atoms with van der Waals surface area (Å²) < 4.78 is 34.1. The minimum atomic E-state index is -5.10. The van der Waals surface area contributed by atoms with Crippen molar-refractivity contribution >= 4 is 14.1 Å². The molecule has 0 radical (unpaired) electrons. The number of carbonyl (C=O) groups is 1. The second-order valence-electron chi connectivity index (χ2n) is 4.86. The molecule has 0 aliphatic carbocycles. The van der Waals surface area contributed by atoms with Crippen LogP contribution in [0.3, 0.4) is 0 Å². The minimum Gasteiger partial charge on any atom is -0.385 e. The fraction of sp³-hybridized carbons (Fsp3) is 0.500. The van der Waals surface area contributed by atoms with E-state index < -0.39 is 55.5 Å². The molecule has 1 aromatic heterocycles. The van der Waals surface area contributed by atoms with E-state index in [0.29, 0.717) is 10.8 Å². The number of aliphatic hydroxyl groups excluding tert-OH is 2. The van der Waals surface area contributed by atoms with E-state index in [1.807, 2.05) is 0 Å². The maximum absolute atomic E-state index is 14.5. The van der Waals surface area contributed by atoms with Gasteiger partial charge in [0, 0.05) is 6.20 Å². The van der Waals surface area contributed by atoms with E-state index in [4.69, 9.17) is 9.79 Å². The highest BCUT2D eigenvalue weighted by Gasteiger charge is 2.57. The Hall–Kier alpha value is -1.73. The Morgan fingerprint density at radius 3 is 2.62 bits per heavy atom. The lowest BCUT2D eigenvalue weighted by atomic mass is 10.1. The Morgan fingerprint density at radius 1 is 1.46 bits per heavy atom. The van der Waals surface area contributed by atoms with Crippen LogP contribution in [0.4, 0.5) is 4.39 Å². The summed E-state index contributed by atoms with van der Waals surface area (Å²) in [6.45, 7) is -1.45. The molecule has 12 nitrogen and oxygen atoms in total. The molecule has 1 aromatic rings. The summed E-state index contributed by atoms with van der Waals surface area (Å²) in [4.78, 5) is 52.6. The number of halogens is 1. The van der Waals surface area contributed by atoms with Crippen LogP contribution in [-0.4, -0.2) is 60.5 Å². The summed E-state index contributed by atoms with van der Waals surface area (Å²) in [7, 11) is -5.10. The van der Waals surface area contributed by atoms with Gasteiger partial charge in [-0.05, 0) is 0 Å². The lowest BCUT2D eigenvalue weighted by Gasteiger charge is -2.22. The first kappa shape index (κ1) is 18.6. The van der Waals surface area contributed by atoms with E-state index in [2.05, 4.69) is 9.26 Å². The predicted octanol–water partition coefficient (Wildman–Crippen LogP) is -2.63. The number of H-pyrrole nitrogens is 1. The summed E-state index contributed by atoms with van der Waals surface area (Å²) in [5.74, 6) is -3.26. The van der Waals surface area contributed by atoms with Crippen LogP contribution in [0.1, 0.15) is 16.6 Å². The van der Waals surface area contributed by atoms with Crippen LogP contribution in [0.2, 0.25) is 0 Å². The summed E-state index contributed by atoms with van der Waals surface area (Å²) in [5.41, 5.74) is -2.75. The third-order valence-electron chi connectivity index (χ3n) is 3.20. The Labute approximate surface area is 131 Å². The Bertz CT molecular complexity index is 802. The Balaban J connectivity index is 2.37. The number of alkyl halides is 1. The molecule has 1 saturated heterocycles. The molecule has 4 atom stereocenters. The normalized spacial score (nSPS) is 30.5. The van der Waals surface area contributed by atoms with Crippen LogP contribution in [0, 0.1) is 0 Å². The van der Waals surface area contributed by atoms with E-state index >= 15 is 0 Å². The van der Waals surface area contributed by atoms with Gasteiger partial charge in [-0.3, -0.25) is 23.7 Å². The molecule has 1 aliphatic rings. The van der Waals surface area contributed by atoms with Gasteiger partial charge in [0.15, 0.2) is 12.5 Å². The smallest absolute Gasteiger partial charge is 0.385 e. The van der Waals surface area contributed by atoms with E-state index in [1.165, 1.54) is 0 Å². The number of aromatic amines is 1. The maximum atomic E-state index is 14.5. The van der Waals surface area contributed by atoms with Gasteiger partial charge in [-0.1, -0.05) is 0 Å². The van der Waals surface area contributed by atoms with Gasteiger partial charge in [-0.15, -0.1) is 0 Å². The number of ether oxygens (including phenoxy) is 1. The van der Waals surface area contributed by atoms with E-state index in [9.17, 15) is 33.6 Å². The highest BCUT2D eigenvalue weighted by Crippen LogP contribution is 2.43. The van der Waals surface area contributed by atoms with Gasteiger partial charge in [0.25, 0.3) is 11.4 Å². The number of aromatic nitrogens is 2. The Kier molecular flexibility index (Phi) is 4.88. The van der Waals surface area contributed by atoms with Crippen LogP contribution in [0.25, 0.3) is 0 Å². The van der Waals surface area contributed by atoms with Crippen LogP contribution in [-0.2, 0) is 13.8 Å². The van der Waals surface area contributed by atoms with E-state index in [-0.39, 0.29) is 6.29 Å². The minimum absolute atomic E-state index is 0.0894. The first-order valence-corrected chi connectivity index (χ1v) is 7.75. The molecule has 24 heavy (non-hydrogen) atoms. The van der Waals surface area contributed by atoms with Crippen molar-refractivity contribution in [1.82, 2.24) is 9.55 Å². The zero-order valence-corrected chi connectivity index (χ0v) is 12.5. The molecule has 2 rings (SSSR count). The molecule has 134 valence electrons. The molecular formula is C10H12FN2O10P. The Morgan fingerprint density at radius 2 is 2.08 bits per heavy atom. The second-order valence-corrected chi connectivity index (χ2v) is 6.10. The largest absolute Gasteiger partial charge is 0.469 e. The number of carbonyl (C=O) groups excluding carboxylic acids is 1. The molecule has 14 heteroatoms. The van der Waals surface area contributed by atoms with Crippen molar-refractivity contribution in [2.24, 2.45) is 0 Å². The van der Waals surface area contributed by atoms with Crippen molar-refractivity contribution in [3.8, 4) is 0 Å². The van der Waals surface area contributed by atoms with Crippen molar-refractivity contribution in [3.63, 3.8) is 0 Å². The average Bonchev–Trinajstić information content (AvgIpc) is 2.70.